The number of hydrogen-bond donors (Lipinski definition) is 0. The van der Waals surface area contributed by atoms with E-state index in [9.17, 15) is 4.79 Å². The fraction of sp³-hybridized carbons (Fsp3) is 0.286. The molecule has 3 aromatic rings. The molecular formula is C21H23N3O5. The topological polar surface area (TPSA) is 86.9 Å². The van der Waals surface area contributed by atoms with Gasteiger partial charge in [0, 0.05) is 12.6 Å². The summed E-state index contributed by atoms with van der Waals surface area (Å²) >= 11 is 0. The van der Waals surface area contributed by atoms with Crippen molar-refractivity contribution < 1.29 is 23.5 Å². The number of benzene rings is 2. The Bertz CT molecular complexity index is 955. The lowest BCUT2D eigenvalue weighted by Crippen LogP contribution is -2.37. The summed E-state index contributed by atoms with van der Waals surface area (Å²) in [5, 5.41) is 3.98. The number of nitrogens with zero attached hydrogens (tertiary/aromatic N) is 3. The van der Waals surface area contributed by atoms with Crippen LogP contribution in [0.25, 0.3) is 11.4 Å². The number of carbonyl (C=O) groups is 1. The summed E-state index contributed by atoms with van der Waals surface area (Å²) < 4.78 is 21.4. The number of para-hydroxylation sites is 2. The van der Waals surface area contributed by atoms with Gasteiger partial charge in [-0.15, -0.1) is 0 Å². The van der Waals surface area contributed by atoms with Gasteiger partial charge < -0.3 is 23.6 Å². The zero-order chi connectivity index (χ0) is 20.8. The Balaban J connectivity index is 1.62. The van der Waals surface area contributed by atoms with Gasteiger partial charge in [-0.25, -0.2) is 0 Å². The summed E-state index contributed by atoms with van der Waals surface area (Å²) in [5.74, 6) is 2.37. The maximum absolute atomic E-state index is 12.7. The molecule has 3 rings (SSSR count). The minimum absolute atomic E-state index is 0.168. The van der Waals surface area contributed by atoms with Crippen molar-refractivity contribution in [2.45, 2.75) is 19.6 Å². The molecule has 0 aliphatic rings. The summed E-state index contributed by atoms with van der Waals surface area (Å²) in [7, 11) is 4.81. The molecule has 0 bridgehead atoms. The van der Waals surface area contributed by atoms with Crippen LogP contribution < -0.4 is 14.2 Å². The number of ether oxygens (including phenoxy) is 3. The molecule has 1 amide bonds. The Labute approximate surface area is 169 Å². The van der Waals surface area contributed by atoms with Crippen LogP contribution in [0.5, 0.6) is 17.2 Å². The van der Waals surface area contributed by atoms with E-state index in [-0.39, 0.29) is 12.5 Å². The van der Waals surface area contributed by atoms with Crippen LogP contribution in [0.1, 0.15) is 12.8 Å². The summed E-state index contributed by atoms with van der Waals surface area (Å²) in [6, 6.07) is 14.5. The minimum Gasteiger partial charge on any atom is -0.497 e. The smallest absolute Gasteiger partial charge is 0.263 e. The first-order valence-electron chi connectivity index (χ1n) is 9.03. The second kappa shape index (κ2) is 9.09. The normalized spacial score (nSPS) is 11.6. The van der Waals surface area contributed by atoms with E-state index in [1.165, 1.54) is 4.90 Å². The van der Waals surface area contributed by atoms with Crippen molar-refractivity contribution >= 4 is 5.91 Å². The summed E-state index contributed by atoms with van der Waals surface area (Å²) in [6.07, 6.45) is -0.708. The second-order valence-electron chi connectivity index (χ2n) is 6.35. The van der Waals surface area contributed by atoms with Crippen molar-refractivity contribution in [1.29, 1.82) is 0 Å². The molecule has 0 radical (unpaired) electrons. The molecular weight excluding hydrogens is 374 g/mol. The molecule has 1 atom stereocenters. The van der Waals surface area contributed by atoms with Gasteiger partial charge in [-0.3, -0.25) is 4.79 Å². The molecule has 0 aliphatic carbocycles. The maximum Gasteiger partial charge on any atom is 0.263 e. The zero-order valence-electron chi connectivity index (χ0n) is 16.8. The molecule has 1 aromatic heterocycles. The van der Waals surface area contributed by atoms with Crippen LogP contribution in [0.15, 0.2) is 53.1 Å². The number of rotatable bonds is 8. The highest BCUT2D eigenvalue weighted by Gasteiger charge is 2.22. The van der Waals surface area contributed by atoms with Crippen LogP contribution in [0.3, 0.4) is 0 Å². The third kappa shape index (κ3) is 4.84. The molecule has 0 saturated heterocycles. The highest BCUT2D eigenvalue weighted by molar-refractivity contribution is 5.80. The molecule has 0 saturated carbocycles. The predicted molar refractivity (Wildman–Crippen MR) is 106 cm³/mol. The third-order valence-corrected chi connectivity index (χ3v) is 4.29. The van der Waals surface area contributed by atoms with Gasteiger partial charge in [0.05, 0.1) is 20.8 Å². The van der Waals surface area contributed by atoms with Crippen LogP contribution in [-0.4, -0.2) is 48.3 Å². The van der Waals surface area contributed by atoms with E-state index >= 15 is 0 Å². The standard InChI is InChI=1S/C21H23N3O5/c1-14(28-18-8-6-5-7-17(18)27-4)21(25)24(2)13-19-22-20(23-29-19)15-9-11-16(26-3)12-10-15/h5-12,14H,13H2,1-4H3/t14-/m0/s1. The highest BCUT2D eigenvalue weighted by atomic mass is 16.5. The van der Waals surface area contributed by atoms with E-state index in [2.05, 4.69) is 10.1 Å². The van der Waals surface area contributed by atoms with Crippen molar-refractivity contribution in [3.63, 3.8) is 0 Å². The lowest BCUT2D eigenvalue weighted by atomic mass is 10.2. The number of methoxy groups -OCH3 is 2. The summed E-state index contributed by atoms with van der Waals surface area (Å²) in [4.78, 5) is 18.5. The minimum atomic E-state index is -0.708. The van der Waals surface area contributed by atoms with E-state index in [0.29, 0.717) is 23.2 Å². The number of aromatic nitrogens is 2. The lowest BCUT2D eigenvalue weighted by molar-refractivity contribution is -0.137. The van der Waals surface area contributed by atoms with Crippen molar-refractivity contribution in [2.75, 3.05) is 21.3 Å². The third-order valence-electron chi connectivity index (χ3n) is 4.29. The van der Waals surface area contributed by atoms with E-state index < -0.39 is 6.10 Å². The molecule has 1 heterocycles. The van der Waals surface area contributed by atoms with Gasteiger partial charge in [0.2, 0.25) is 11.7 Å². The van der Waals surface area contributed by atoms with E-state index in [1.54, 1.807) is 40.3 Å². The average molecular weight is 397 g/mol. The zero-order valence-corrected chi connectivity index (χ0v) is 16.8. The molecule has 0 spiro atoms. The molecule has 0 fully saturated rings. The molecule has 0 N–H and O–H groups in total. The molecule has 2 aromatic carbocycles. The first-order chi connectivity index (χ1) is 14.0. The predicted octanol–water partition coefficient (Wildman–Crippen LogP) is 3.18. The van der Waals surface area contributed by atoms with Crippen molar-refractivity contribution in [3.8, 4) is 28.6 Å². The Morgan fingerprint density at radius 3 is 2.41 bits per heavy atom. The van der Waals surface area contributed by atoms with E-state index in [0.717, 1.165) is 11.3 Å². The van der Waals surface area contributed by atoms with Crippen LogP contribution >= 0.6 is 0 Å². The van der Waals surface area contributed by atoms with Gasteiger partial charge in [0.15, 0.2) is 17.6 Å². The second-order valence-corrected chi connectivity index (χ2v) is 6.35. The monoisotopic (exact) mass is 397 g/mol. The van der Waals surface area contributed by atoms with Crippen molar-refractivity contribution in [2.24, 2.45) is 0 Å². The number of amides is 1. The van der Waals surface area contributed by atoms with Crippen molar-refractivity contribution in [3.05, 3.63) is 54.4 Å². The average Bonchev–Trinajstić information content (AvgIpc) is 3.22. The van der Waals surface area contributed by atoms with Gasteiger partial charge in [0.25, 0.3) is 5.91 Å². The first-order valence-corrected chi connectivity index (χ1v) is 9.03. The van der Waals surface area contributed by atoms with Gasteiger partial charge in [-0.1, -0.05) is 17.3 Å². The van der Waals surface area contributed by atoms with Gasteiger partial charge in [0.1, 0.15) is 5.75 Å². The van der Waals surface area contributed by atoms with Crippen LogP contribution in [0.2, 0.25) is 0 Å². The molecule has 0 aliphatic heterocycles. The van der Waals surface area contributed by atoms with Gasteiger partial charge >= 0.3 is 0 Å². The summed E-state index contributed by atoms with van der Waals surface area (Å²) in [6.45, 7) is 1.85. The highest BCUT2D eigenvalue weighted by Crippen LogP contribution is 2.27. The number of carbonyl (C=O) groups excluding carboxylic acids is 1. The molecule has 8 heteroatoms. The SMILES string of the molecule is COc1ccc(-c2noc(CN(C)C(=O)[C@H](C)Oc3ccccc3OC)n2)cc1. The fourth-order valence-corrected chi connectivity index (χ4v) is 2.72. The Kier molecular flexibility index (Phi) is 6.33. The fourth-order valence-electron chi connectivity index (χ4n) is 2.72. The molecule has 0 unspecified atom stereocenters. The largest absolute Gasteiger partial charge is 0.497 e. The van der Waals surface area contributed by atoms with Gasteiger partial charge in [-0.05, 0) is 43.3 Å². The Morgan fingerprint density at radius 1 is 1.07 bits per heavy atom. The Hall–Kier alpha value is -3.55. The van der Waals surface area contributed by atoms with Crippen LogP contribution in [-0.2, 0) is 11.3 Å². The first kappa shape index (κ1) is 20.2. The van der Waals surface area contributed by atoms with E-state index in [4.69, 9.17) is 18.7 Å². The van der Waals surface area contributed by atoms with Crippen molar-refractivity contribution in [1.82, 2.24) is 15.0 Å². The van der Waals surface area contributed by atoms with Crippen LogP contribution in [0, 0.1) is 0 Å². The number of likely N-dealkylation sites (N-methyl/N-ethyl adjacent to an activating group) is 1. The molecule has 152 valence electrons. The molecule has 8 nitrogen and oxygen atoms in total. The quantitative estimate of drug-likeness (QED) is 0.577. The lowest BCUT2D eigenvalue weighted by Gasteiger charge is -2.21. The van der Waals surface area contributed by atoms with E-state index in [1.807, 2.05) is 36.4 Å². The summed E-state index contributed by atoms with van der Waals surface area (Å²) in [5.41, 5.74) is 0.794. The Morgan fingerprint density at radius 2 is 1.76 bits per heavy atom. The maximum atomic E-state index is 12.7. The van der Waals surface area contributed by atoms with Gasteiger partial charge in [-0.2, -0.15) is 4.98 Å². The number of hydrogen-bond acceptors (Lipinski definition) is 7. The van der Waals surface area contributed by atoms with Crippen LogP contribution in [0.4, 0.5) is 0 Å². The molecule has 29 heavy (non-hydrogen) atoms.